The van der Waals surface area contributed by atoms with Crippen molar-refractivity contribution in [3.63, 3.8) is 0 Å². The minimum Gasteiger partial charge on any atom is -0.233 e. The van der Waals surface area contributed by atoms with Gasteiger partial charge < -0.3 is 0 Å². The molecule has 1 aromatic heterocycles. The van der Waals surface area contributed by atoms with Crippen LogP contribution in [0.15, 0.2) is 30.3 Å². The lowest BCUT2D eigenvalue weighted by molar-refractivity contribution is 0.804. The van der Waals surface area contributed by atoms with E-state index in [0.29, 0.717) is 0 Å². The topological polar surface area (TPSA) is 12.9 Å². The van der Waals surface area contributed by atoms with Crippen LogP contribution >= 0.6 is 11.3 Å². The quantitative estimate of drug-likeness (QED) is 0.754. The Morgan fingerprint density at radius 3 is 2.80 bits per heavy atom. The first-order valence-electron chi connectivity index (χ1n) is 5.33. The molecule has 1 nitrogen and oxygen atoms in total. The molecule has 0 saturated heterocycles. The molecule has 0 unspecified atom stereocenters. The van der Waals surface area contributed by atoms with Crippen LogP contribution in [0.3, 0.4) is 0 Å². The minimum absolute atomic E-state index is 1.12. The van der Waals surface area contributed by atoms with E-state index in [2.05, 4.69) is 41.7 Å². The average Bonchev–Trinajstić information content (AvgIpc) is 2.75. The minimum atomic E-state index is 1.12. The van der Waals surface area contributed by atoms with Gasteiger partial charge >= 0.3 is 0 Å². The van der Waals surface area contributed by atoms with Gasteiger partial charge in [0.15, 0.2) is 5.51 Å². The summed E-state index contributed by atoms with van der Waals surface area (Å²) in [6.07, 6.45) is 3.59. The fraction of sp³-hybridized carbons (Fsp3) is 0.308. The molecule has 0 spiro atoms. The monoisotopic (exact) mass is 216 g/mol. The Morgan fingerprint density at radius 1 is 1.27 bits per heavy atom. The van der Waals surface area contributed by atoms with Crippen molar-refractivity contribution in [2.24, 2.45) is 0 Å². The predicted molar refractivity (Wildman–Crippen MR) is 65.0 cm³/mol. The van der Waals surface area contributed by atoms with Gasteiger partial charge in [-0.15, -0.1) is 11.3 Å². The lowest BCUT2D eigenvalue weighted by Crippen LogP contribution is -1.85. The first-order chi connectivity index (χ1) is 7.42. The fourth-order valence-corrected chi connectivity index (χ4v) is 2.32. The van der Waals surface area contributed by atoms with Crippen LogP contribution in [0.1, 0.15) is 24.6 Å². The van der Waals surface area contributed by atoms with Gasteiger partial charge in [-0.1, -0.05) is 43.7 Å². The van der Waals surface area contributed by atoms with E-state index in [1.807, 2.05) is 6.07 Å². The summed E-state index contributed by atoms with van der Waals surface area (Å²) in [7, 11) is 0. The van der Waals surface area contributed by atoms with E-state index in [4.69, 9.17) is 0 Å². The summed E-state index contributed by atoms with van der Waals surface area (Å²) in [5, 5.41) is 0. The molecule has 1 heterocycles. The van der Waals surface area contributed by atoms with Crippen molar-refractivity contribution in [1.82, 2.24) is 4.98 Å². The highest BCUT2D eigenvalue weighted by Gasteiger charge is 2.07. The van der Waals surface area contributed by atoms with E-state index < -0.39 is 0 Å². The Balaban J connectivity index is 2.25. The maximum absolute atomic E-state index is 4.33. The third kappa shape index (κ3) is 2.45. The molecule has 2 aromatic rings. The molecule has 0 aliphatic rings. The van der Waals surface area contributed by atoms with Gasteiger partial charge in [0.25, 0.3) is 0 Å². The van der Waals surface area contributed by atoms with E-state index >= 15 is 0 Å². The van der Waals surface area contributed by atoms with Gasteiger partial charge in [-0.25, -0.2) is 4.98 Å². The van der Waals surface area contributed by atoms with Crippen molar-refractivity contribution in [1.29, 1.82) is 0 Å². The van der Waals surface area contributed by atoms with Crippen LogP contribution in [0.25, 0.3) is 11.3 Å². The molecule has 0 aliphatic heterocycles. The Morgan fingerprint density at radius 2 is 2.07 bits per heavy atom. The molecule has 1 aromatic carbocycles. The number of hydrogen-bond donors (Lipinski definition) is 0. The first kappa shape index (κ1) is 10.4. The number of rotatable bonds is 4. The molecular weight excluding hydrogens is 202 g/mol. The number of aromatic nitrogens is 1. The highest BCUT2D eigenvalue weighted by molar-refractivity contribution is 7.09. The molecule has 0 bridgehead atoms. The Kier molecular flexibility index (Phi) is 3.51. The smallest absolute Gasteiger partial charge is 0.153 e. The molecular formula is C13H14NS. The maximum Gasteiger partial charge on any atom is 0.153 e. The highest BCUT2D eigenvalue weighted by Crippen LogP contribution is 2.26. The first-order valence-corrected chi connectivity index (χ1v) is 6.14. The molecule has 0 amide bonds. The fourth-order valence-electron chi connectivity index (χ4n) is 1.56. The van der Waals surface area contributed by atoms with Crippen LogP contribution < -0.4 is 0 Å². The van der Waals surface area contributed by atoms with Gasteiger partial charge in [0, 0.05) is 10.4 Å². The number of benzene rings is 1. The predicted octanol–water partition coefficient (Wildman–Crippen LogP) is 3.95. The molecule has 15 heavy (non-hydrogen) atoms. The number of aryl methyl sites for hydroxylation is 1. The van der Waals surface area contributed by atoms with Crippen LogP contribution in [0.4, 0.5) is 0 Å². The summed E-state index contributed by atoms with van der Waals surface area (Å²) in [6.45, 7) is 2.22. The Hall–Kier alpha value is -1.15. The zero-order chi connectivity index (χ0) is 10.5. The highest BCUT2D eigenvalue weighted by atomic mass is 32.1. The van der Waals surface area contributed by atoms with Crippen LogP contribution in [0.2, 0.25) is 0 Å². The van der Waals surface area contributed by atoms with Crippen LogP contribution in [0, 0.1) is 5.51 Å². The van der Waals surface area contributed by atoms with Crippen molar-refractivity contribution < 1.29 is 0 Å². The summed E-state index contributed by atoms with van der Waals surface area (Å²) < 4.78 is 0. The van der Waals surface area contributed by atoms with Gasteiger partial charge in [-0.2, -0.15) is 0 Å². The second kappa shape index (κ2) is 5.08. The van der Waals surface area contributed by atoms with Crippen LogP contribution in [-0.2, 0) is 6.42 Å². The summed E-state index contributed by atoms with van der Waals surface area (Å²) in [6, 6.07) is 10.4. The van der Waals surface area contributed by atoms with Gasteiger partial charge in [-0.3, -0.25) is 0 Å². The molecule has 2 heteroatoms. The molecule has 0 saturated carbocycles. The molecule has 1 radical (unpaired) electrons. The van der Waals surface area contributed by atoms with E-state index in [1.54, 1.807) is 11.3 Å². The normalized spacial score (nSPS) is 10.5. The summed E-state index contributed by atoms with van der Waals surface area (Å²) in [5.74, 6) is 0. The third-order valence-corrected chi connectivity index (χ3v) is 3.22. The Labute approximate surface area is 94.8 Å². The van der Waals surface area contributed by atoms with Gasteiger partial charge in [0.05, 0.1) is 5.69 Å². The summed E-state index contributed by atoms with van der Waals surface area (Å²) in [4.78, 5) is 5.70. The third-order valence-electron chi connectivity index (χ3n) is 2.40. The Bertz CT molecular complexity index is 405. The van der Waals surface area contributed by atoms with Crippen molar-refractivity contribution in [2.75, 3.05) is 0 Å². The molecule has 2 rings (SSSR count). The van der Waals surface area contributed by atoms with Gasteiger partial charge in [0.2, 0.25) is 0 Å². The van der Waals surface area contributed by atoms with Gasteiger partial charge in [0.1, 0.15) is 0 Å². The van der Waals surface area contributed by atoms with E-state index in [0.717, 1.165) is 12.1 Å². The van der Waals surface area contributed by atoms with Crippen molar-refractivity contribution in [3.8, 4) is 11.3 Å². The number of unbranched alkanes of at least 4 members (excludes halogenated alkanes) is 1. The molecule has 0 atom stereocenters. The molecule has 0 N–H and O–H groups in total. The maximum atomic E-state index is 4.33. The number of hydrogen-bond acceptors (Lipinski definition) is 2. The average molecular weight is 216 g/mol. The van der Waals surface area contributed by atoms with Crippen LogP contribution in [0.5, 0.6) is 0 Å². The second-order valence-electron chi connectivity index (χ2n) is 3.55. The van der Waals surface area contributed by atoms with Crippen molar-refractivity contribution >= 4 is 11.3 Å². The molecule has 0 fully saturated rings. The lowest BCUT2D eigenvalue weighted by Gasteiger charge is -2.01. The number of thiazole rings is 1. The van der Waals surface area contributed by atoms with E-state index in [9.17, 15) is 0 Å². The summed E-state index contributed by atoms with van der Waals surface area (Å²) in [5.41, 5.74) is 5.33. The zero-order valence-corrected chi connectivity index (χ0v) is 9.68. The summed E-state index contributed by atoms with van der Waals surface area (Å²) >= 11 is 1.65. The zero-order valence-electron chi connectivity index (χ0n) is 8.86. The van der Waals surface area contributed by atoms with E-state index in [1.165, 1.54) is 23.3 Å². The second-order valence-corrected chi connectivity index (χ2v) is 4.43. The van der Waals surface area contributed by atoms with Crippen molar-refractivity contribution in [3.05, 3.63) is 40.7 Å². The SMILES string of the molecule is CCCCc1s[c]nc1-c1ccccc1. The number of nitrogens with zero attached hydrogens (tertiary/aromatic N) is 1. The lowest BCUT2D eigenvalue weighted by atomic mass is 10.1. The molecule has 0 aliphatic carbocycles. The van der Waals surface area contributed by atoms with Gasteiger partial charge in [-0.05, 0) is 12.8 Å². The van der Waals surface area contributed by atoms with E-state index in [-0.39, 0.29) is 0 Å². The van der Waals surface area contributed by atoms with Crippen molar-refractivity contribution in [2.45, 2.75) is 26.2 Å². The molecule has 77 valence electrons. The largest absolute Gasteiger partial charge is 0.233 e. The standard InChI is InChI=1S/C13H14NS/c1-2-3-9-12-13(14-10-15-12)11-7-5-4-6-8-11/h4-8H,2-3,9H2,1H3. The van der Waals surface area contributed by atoms with Crippen LogP contribution in [-0.4, -0.2) is 4.98 Å².